The smallest absolute Gasteiger partial charge is 0.161 e. The average molecular weight is 326 g/mol. The summed E-state index contributed by atoms with van der Waals surface area (Å²) in [6.07, 6.45) is 0. The first kappa shape index (κ1) is 16.1. The molecule has 0 saturated heterocycles. The van der Waals surface area contributed by atoms with Crippen LogP contribution in [0.25, 0.3) is 0 Å². The molecule has 0 amide bonds. The van der Waals surface area contributed by atoms with Gasteiger partial charge in [0.15, 0.2) is 11.5 Å². The Hall–Kier alpha value is -1.23. The van der Waals surface area contributed by atoms with Gasteiger partial charge in [-0.15, -0.1) is 11.3 Å². The lowest BCUT2D eigenvalue weighted by Gasteiger charge is -2.20. The minimum absolute atomic E-state index is 0.759. The minimum Gasteiger partial charge on any atom is -0.493 e. The van der Waals surface area contributed by atoms with E-state index < -0.39 is 0 Å². The van der Waals surface area contributed by atoms with Gasteiger partial charge >= 0.3 is 0 Å². The molecule has 0 bridgehead atoms. The van der Waals surface area contributed by atoms with Crippen LogP contribution in [0.4, 0.5) is 0 Å². The summed E-state index contributed by atoms with van der Waals surface area (Å²) >= 11 is 7.62. The van der Waals surface area contributed by atoms with Crippen LogP contribution in [-0.2, 0) is 13.1 Å². The van der Waals surface area contributed by atoms with E-state index >= 15 is 0 Å². The van der Waals surface area contributed by atoms with E-state index in [0.29, 0.717) is 0 Å². The fraction of sp³-hybridized carbons (Fsp3) is 0.375. The highest BCUT2D eigenvalue weighted by atomic mass is 35.5. The maximum Gasteiger partial charge on any atom is 0.161 e. The van der Waals surface area contributed by atoms with E-state index in [9.17, 15) is 0 Å². The van der Waals surface area contributed by atoms with Gasteiger partial charge in [-0.1, -0.05) is 24.6 Å². The SMILES string of the molecule is CCN(Cc1ccc(OC)c(OC)c1)Cc1ccc(Cl)s1. The summed E-state index contributed by atoms with van der Waals surface area (Å²) in [6, 6.07) is 10.1. The summed E-state index contributed by atoms with van der Waals surface area (Å²) in [5, 5.41) is 0. The molecule has 3 nitrogen and oxygen atoms in total. The molecule has 0 N–H and O–H groups in total. The van der Waals surface area contributed by atoms with E-state index in [1.54, 1.807) is 25.6 Å². The maximum atomic E-state index is 5.99. The summed E-state index contributed by atoms with van der Waals surface area (Å²) in [6.45, 7) is 4.91. The first-order chi connectivity index (χ1) is 10.2. The van der Waals surface area contributed by atoms with Gasteiger partial charge in [0, 0.05) is 18.0 Å². The molecule has 2 aromatic rings. The Morgan fingerprint density at radius 1 is 1.05 bits per heavy atom. The van der Waals surface area contributed by atoms with E-state index in [0.717, 1.165) is 35.5 Å². The third-order valence-electron chi connectivity index (χ3n) is 3.31. The molecule has 0 aliphatic carbocycles. The van der Waals surface area contributed by atoms with Gasteiger partial charge in [0.1, 0.15) is 0 Å². The summed E-state index contributed by atoms with van der Waals surface area (Å²) < 4.78 is 11.5. The summed E-state index contributed by atoms with van der Waals surface area (Å²) in [5.74, 6) is 1.53. The first-order valence-corrected chi connectivity index (χ1v) is 8.03. The number of thiophene rings is 1. The molecule has 2 rings (SSSR count). The number of benzene rings is 1. The van der Waals surface area contributed by atoms with Crippen LogP contribution in [0, 0.1) is 0 Å². The Labute approximate surface area is 135 Å². The van der Waals surface area contributed by atoms with Gasteiger partial charge in [0.2, 0.25) is 0 Å². The van der Waals surface area contributed by atoms with E-state index in [1.807, 2.05) is 18.2 Å². The van der Waals surface area contributed by atoms with E-state index in [4.69, 9.17) is 21.1 Å². The number of nitrogens with zero attached hydrogens (tertiary/aromatic N) is 1. The normalized spacial score (nSPS) is 10.9. The highest BCUT2D eigenvalue weighted by Gasteiger charge is 2.10. The molecule has 0 atom stereocenters. The highest BCUT2D eigenvalue weighted by molar-refractivity contribution is 7.16. The second-order valence-corrected chi connectivity index (χ2v) is 6.50. The quantitative estimate of drug-likeness (QED) is 0.751. The van der Waals surface area contributed by atoms with Gasteiger partial charge in [-0.2, -0.15) is 0 Å². The van der Waals surface area contributed by atoms with Gasteiger partial charge in [-0.25, -0.2) is 0 Å². The van der Waals surface area contributed by atoms with Crippen molar-refractivity contribution in [2.75, 3.05) is 20.8 Å². The van der Waals surface area contributed by atoms with Crippen molar-refractivity contribution in [3.63, 3.8) is 0 Å². The first-order valence-electron chi connectivity index (χ1n) is 6.83. The van der Waals surface area contributed by atoms with Crippen LogP contribution in [0.1, 0.15) is 17.4 Å². The number of halogens is 1. The highest BCUT2D eigenvalue weighted by Crippen LogP contribution is 2.28. The Bertz CT molecular complexity index is 585. The van der Waals surface area contributed by atoms with Crippen LogP contribution in [-0.4, -0.2) is 25.7 Å². The van der Waals surface area contributed by atoms with Crippen molar-refractivity contribution in [2.45, 2.75) is 20.0 Å². The lowest BCUT2D eigenvalue weighted by Crippen LogP contribution is -2.21. The van der Waals surface area contributed by atoms with E-state index in [1.165, 1.54) is 10.4 Å². The topological polar surface area (TPSA) is 21.7 Å². The number of hydrogen-bond acceptors (Lipinski definition) is 4. The third-order valence-corrected chi connectivity index (χ3v) is 4.53. The predicted octanol–water partition coefficient (Wildman–Crippen LogP) is 4.44. The van der Waals surface area contributed by atoms with E-state index in [2.05, 4.69) is 24.0 Å². The van der Waals surface area contributed by atoms with Crippen molar-refractivity contribution in [1.29, 1.82) is 0 Å². The maximum absolute atomic E-state index is 5.99. The van der Waals surface area contributed by atoms with Crippen molar-refractivity contribution >= 4 is 22.9 Å². The number of hydrogen-bond donors (Lipinski definition) is 0. The zero-order chi connectivity index (χ0) is 15.2. The summed E-state index contributed by atoms with van der Waals surface area (Å²) in [7, 11) is 3.31. The van der Waals surface area contributed by atoms with Gasteiger partial charge in [-0.3, -0.25) is 4.90 Å². The van der Waals surface area contributed by atoms with Gasteiger partial charge < -0.3 is 9.47 Å². The van der Waals surface area contributed by atoms with Crippen molar-refractivity contribution in [3.8, 4) is 11.5 Å². The van der Waals surface area contributed by atoms with Crippen LogP contribution in [0.15, 0.2) is 30.3 Å². The van der Waals surface area contributed by atoms with E-state index in [-0.39, 0.29) is 0 Å². The van der Waals surface area contributed by atoms with Gasteiger partial charge in [0.05, 0.1) is 18.6 Å². The molecule has 1 heterocycles. The second kappa shape index (κ2) is 7.69. The molecule has 114 valence electrons. The van der Waals surface area contributed by atoms with Crippen LogP contribution in [0.5, 0.6) is 11.5 Å². The number of methoxy groups -OCH3 is 2. The molecule has 0 saturated carbocycles. The Kier molecular flexibility index (Phi) is 5.91. The van der Waals surface area contributed by atoms with Crippen molar-refractivity contribution in [2.24, 2.45) is 0 Å². The zero-order valence-electron chi connectivity index (χ0n) is 12.6. The fourth-order valence-electron chi connectivity index (χ4n) is 2.17. The summed E-state index contributed by atoms with van der Waals surface area (Å²) in [4.78, 5) is 3.64. The van der Waals surface area contributed by atoms with Crippen molar-refractivity contribution in [3.05, 3.63) is 45.1 Å². The molecule has 21 heavy (non-hydrogen) atoms. The monoisotopic (exact) mass is 325 g/mol. The molecule has 1 aromatic carbocycles. The van der Waals surface area contributed by atoms with Gasteiger partial charge in [-0.05, 0) is 36.4 Å². The standard InChI is InChI=1S/C16H20ClNO2S/c1-4-18(11-13-6-8-16(17)21-13)10-12-5-7-14(19-2)15(9-12)20-3/h5-9H,4,10-11H2,1-3H3. The molecule has 0 spiro atoms. The van der Waals surface area contributed by atoms with Crippen LogP contribution >= 0.6 is 22.9 Å². The average Bonchev–Trinajstić information content (AvgIpc) is 2.91. The minimum atomic E-state index is 0.759. The van der Waals surface area contributed by atoms with Crippen LogP contribution in [0.3, 0.4) is 0 Å². The van der Waals surface area contributed by atoms with Crippen LogP contribution < -0.4 is 9.47 Å². The van der Waals surface area contributed by atoms with Crippen molar-refractivity contribution in [1.82, 2.24) is 4.90 Å². The molecule has 0 aliphatic heterocycles. The van der Waals surface area contributed by atoms with Crippen LogP contribution in [0.2, 0.25) is 4.34 Å². The molecule has 0 unspecified atom stereocenters. The lowest BCUT2D eigenvalue weighted by atomic mass is 10.2. The molecule has 0 aliphatic rings. The molecular weight excluding hydrogens is 306 g/mol. The Morgan fingerprint density at radius 2 is 1.81 bits per heavy atom. The second-order valence-electron chi connectivity index (χ2n) is 4.70. The van der Waals surface area contributed by atoms with Crippen molar-refractivity contribution < 1.29 is 9.47 Å². The number of rotatable bonds is 7. The number of ether oxygens (including phenoxy) is 2. The third kappa shape index (κ3) is 4.37. The molecule has 0 radical (unpaired) electrons. The lowest BCUT2D eigenvalue weighted by molar-refractivity contribution is 0.273. The van der Waals surface area contributed by atoms with Gasteiger partial charge in [0.25, 0.3) is 0 Å². The Balaban J connectivity index is 2.07. The summed E-state index contributed by atoms with van der Waals surface area (Å²) in [5.41, 5.74) is 1.21. The molecule has 5 heteroatoms. The molecule has 1 aromatic heterocycles. The molecule has 0 fully saturated rings. The molecular formula is C16H20ClNO2S. The fourth-order valence-corrected chi connectivity index (χ4v) is 3.30. The largest absolute Gasteiger partial charge is 0.493 e. The zero-order valence-corrected chi connectivity index (χ0v) is 14.1. The predicted molar refractivity (Wildman–Crippen MR) is 88.7 cm³/mol. The Morgan fingerprint density at radius 3 is 2.38 bits per heavy atom.